The fourth-order valence-corrected chi connectivity index (χ4v) is 1.66. The van der Waals surface area contributed by atoms with E-state index in [2.05, 4.69) is 10.3 Å². The molecule has 0 atom stereocenters. The smallest absolute Gasteiger partial charge is 0.417 e. The molecule has 0 amide bonds. The highest BCUT2D eigenvalue weighted by Gasteiger charge is 2.30. The molecule has 21 heavy (non-hydrogen) atoms. The van der Waals surface area contributed by atoms with Crippen molar-refractivity contribution in [2.45, 2.75) is 12.6 Å². The summed E-state index contributed by atoms with van der Waals surface area (Å²) in [4.78, 5) is 3.73. The van der Waals surface area contributed by atoms with E-state index in [1.54, 1.807) is 0 Å². The maximum Gasteiger partial charge on any atom is 0.417 e. The summed E-state index contributed by atoms with van der Waals surface area (Å²) < 4.78 is 42.6. The minimum Gasteiger partial charge on any atom is -0.494 e. The van der Waals surface area contributed by atoms with E-state index in [0.717, 1.165) is 24.4 Å². The number of hydrogen-bond acceptors (Lipinski definition) is 3. The second-order valence-corrected chi connectivity index (χ2v) is 4.37. The molecule has 6 heteroatoms. The number of benzene rings is 1. The summed E-state index contributed by atoms with van der Waals surface area (Å²) in [5.41, 5.74) is -0.750. The van der Waals surface area contributed by atoms with E-state index in [0.29, 0.717) is 19.0 Å². The topological polar surface area (TPSA) is 34.1 Å². The lowest BCUT2D eigenvalue weighted by Crippen LogP contribution is -2.09. The van der Waals surface area contributed by atoms with Crippen molar-refractivity contribution in [2.75, 3.05) is 18.5 Å². The molecule has 2 rings (SSSR count). The fraction of sp³-hybridized carbons (Fsp3) is 0.267. The molecule has 1 aromatic heterocycles. The van der Waals surface area contributed by atoms with Crippen molar-refractivity contribution in [3.05, 3.63) is 54.2 Å². The van der Waals surface area contributed by atoms with Crippen LogP contribution in [0.4, 0.5) is 19.0 Å². The summed E-state index contributed by atoms with van der Waals surface area (Å²) in [5, 5.41) is 2.95. The second-order valence-electron chi connectivity index (χ2n) is 4.37. The molecule has 1 N–H and O–H groups in total. The summed E-state index contributed by atoms with van der Waals surface area (Å²) in [6, 6.07) is 11.7. The maximum absolute atomic E-state index is 12.4. The number of nitrogens with one attached hydrogen (secondary N) is 1. The Morgan fingerprint density at radius 1 is 1.05 bits per heavy atom. The predicted octanol–water partition coefficient (Wildman–Crippen LogP) is 3.98. The number of anilines is 1. The van der Waals surface area contributed by atoms with Crippen LogP contribution >= 0.6 is 0 Å². The number of alkyl halides is 3. The van der Waals surface area contributed by atoms with Crippen molar-refractivity contribution >= 4 is 5.82 Å². The molecule has 1 heterocycles. The molecular formula is C15H15F3N2O. The normalized spacial score (nSPS) is 11.2. The lowest BCUT2D eigenvalue weighted by atomic mass is 10.3. The zero-order valence-corrected chi connectivity index (χ0v) is 11.2. The minimum absolute atomic E-state index is 0.419. The van der Waals surface area contributed by atoms with Crippen LogP contribution in [-0.2, 0) is 6.18 Å². The highest BCUT2D eigenvalue weighted by atomic mass is 19.4. The number of rotatable bonds is 6. The van der Waals surface area contributed by atoms with Crippen LogP contribution in [0.5, 0.6) is 5.75 Å². The highest BCUT2D eigenvalue weighted by Crippen LogP contribution is 2.28. The molecule has 112 valence electrons. The van der Waals surface area contributed by atoms with Crippen molar-refractivity contribution in [3.63, 3.8) is 0 Å². The quantitative estimate of drug-likeness (QED) is 0.819. The van der Waals surface area contributed by atoms with Crippen LogP contribution in [0.2, 0.25) is 0 Å². The third kappa shape index (κ3) is 4.98. The predicted molar refractivity (Wildman–Crippen MR) is 74.3 cm³/mol. The van der Waals surface area contributed by atoms with Gasteiger partial charge < -0.3 is 10.1 Å². The van der Waals surface area contributed by atoms with Gasteiger partial charge in [0.25, 0.3) is 0 Å². The number of halogens is 3. The van der Waals surface area contributed by atoms with Crippen LogP contribution in [0.1, 0.15) is 12.0 Å². The fourth-order valence-electron chi connectivity index (χ4n) is 1.66. The van der Waals surface area contributed by atoms with E-state index in [4.69, 9.17) is 4.74 Å². The first-order valence-electron chi connectivity index (χ1n) is 6.51. The summed E-state index contributed by atoms with van der Waals surface area (Å²) in [6.07, 6.45) is -2.81. The van der Waals surface area contributed by atoms with Crippen LogP contribution < -0.4 is 10.1 Å². The van der Waals surface area contributed by atoms with Gasteiger partial charge in [-0.15, -0.1) is 0 Å². The number of hydrogen-bond donors (Lipinski definition) is 1. The largest absolute Gasteiger partial charge is 0.494 e. The Balaban J connectivity index is 1.69. The van der Waals surface area contributed by atoms with Gasteiger partial charge in [-0.05, 0) is 30.7 Å². The van der Waals surface area contributed by atoms with Crippen LogP contribution in [0.15, 0.2) is 48.7 Å². The third-order valence-corrected chi connectivity index (χ3v) is 2.73. The molecule has 0 saturated carbocycles. The molecule has 0 saturated heterocycles. The van der Waals surface area contributed by atoms with E-state index in [1.807, 2.05) is 30.3 Å². The standard InChI is InChI=1S/C15H15F3N2O/c16-15(17,18)12-7-8-14(20-11-12)19-9-4-10-21-13-5-2-1-3-6-13/h1-3,5-8,11H,4,9-10H2,(H,19,20). The van der Waals surface area contributed by atoms with Gasteiger partial charge in [-0.1, -0.05) is 18.2 Å². The molecule has 0 aliphatic heterocycles. The van der Waals surface area contributed by atoms with Crippen molar-refractivity contribution in [1.29, 1.82) is 0 Å². The van der Waals surface area contributed by atoms with E-state index < -0.39 is 11.7 Å². The average Bonchev–Trinajstić information content (AvgIpc) is 2.47. The number of ether oxygens (including phenoxy) is 1. The molecular weight excluding hydrogens is 281 g/mol. The van der Waals surface area contributed by atoms with Gasteiger partial charge in [0.1, 0.15) is 11.6 Å². The molecule has 1 aromatic carbocycles. The Morgan fingerprint density at radius 2 is 1.81 bits per heavy atom. The molecule has 0 aliphatic rings. The number of pyridine rings is 1. The zero-order chi connectivity index (χ0) is 15.1. The first-order valence-corrected chi connectivity index (χ1v) is 6.51. The highest BCUT2D eigenvalue weighted by molar-refractivity contribution is 5.36. The summed E-state index contributed by atoms with van der Waals surface area (Å²) in [7, 11) is 0. The summed E-state index contributed by atoms with van der Waals surface area (Å²) in [6.45, 7) is 1.10. The molecule has 0 radical (unpaired) electrons. The van der Waals surface area contributed by atoms with Crippen LogP contribution in [0, 0.1) is 0 Å². The number of para-hydroxylation sites is 1. The molecule has 3 nitrogen and oxygen atoms in total. The number of aromatic nitrogens is 1. The van der Waals surface area contributed by atoms with Crippen molar-refractivity contribution in [2.24, 2.45) is 0 Å². The van der Waals surface area contributed by atoms with E-state index in [9.17, 15) is 13.2 Å². The Labute approximate surface area is 120 Å². The molecule has 0 spiro atoms. The van der Waals surface area contributed by atoms with Gasteiger partial charge in [-0.3, -0.25) is 0 Å². The van der Waals surface area contributed by atoms with Gasteiger partial charge in [0.05, 0.1) is 12.2 Å². The van der Waals surface area contributed by atoms with Gasteiger partial charge in [0.2, 0.25) is 0 Å². The Morgan fingerprint density at radius 3 is 2.43 bits per heavy atom. The van der Waals surface area contributed by atoms with Gasteiger partial charge >= 0.3 is 6.18 Å². The first-order chi connectivity index (χ1) is 10.1. The monoisotopic (exact) mass is 296 g/mol. The van der Waals surface area contributed by atoms with Gasteiger partial charge in [-0.25, -0.2) is 4.98 Å². The Hall–Kier alpha value is -2.24. The average molecular weight is 296 g/mol. The van der Waals surface area contributed by atoms with Crippen LogP contribution in [0.25, 0.3) is 0 Å². The molecule has 0 fully saturated rings. The van der Waals surface area contributed by atoms with Crippen molar-refractivity contribution in [1.82, 2.24) is 4.98 Å². The van der Waals surface area contributed by atoms with E-state index in [-0.39, 0.29) is 0 Å². The maximum atomic E-state index is 12.4. The number of nitrogens with zero attached hydrogens (tertiary/aromatic N) is 1. The first kappa shape index (κ1) is 15.2. The minimum atomic E-state index is -4.35. The summed E-state index contributed by atoms with van der Waals surface area (Å²) in [5.74, 6) is 1.22. The van der Waals surface area contributed by atoms with Crippen LogP contribution in [0.3, 0.4) is 0 Å². The zero-order valence-electron chi connectivity index (χ0n) is 11.2. The molecule has 0 unspecified atom stereocenters. The van der Waals surface area contributed by atoms with Crippen molar-refractivity contribution < 1.29 is 17.9 Å². The van der Waals surface area contributed by atoms with E-state index in [1.165, 1.54) is 6.07 Å². The SMILES string of the molecule is FC(F)(F)c1ccc(NCCCOc2ccccc2)nc1. The third-order valence-electron chi connectivity index (χ3n) is 2.73. The van der Waals surface area contributed by atoms with Gasteiger partial charge in [-0.2, -0.15) is 13.2 Å². The Bertz CT molecular complexity index is 541. The van der Waals surface area contributed by atoms with Gasteiger partial charge in [0, 0.05) is 12.7 Å². The van der Waals surface area contributed by atoms with Gasteiger partial charge in [0.15, 0.2) is 0 Å². The van der Waals surface area contributed by atoms with Crippen LogP contribution in [-0.4, -0.2) is 18.1 Å². The Kier molecular flexibility index (Phi) is 5.03. The second kappa shape index (κ2) is 6.97. The van der Waals surface area contributed by atoms with Crippen molar-refractivity contribution in [3.8, 4) is 5.75 Å². The summed E-state index contributed by atoms with van der Waals surface area (Å²) >= 11 is 0. The molecule has 2 aromatic rings. The molecule has 0 bridgehead atoms. The van der Waals surface area contributed by atoms with E-state index >= 15 is 0 Å². The lowest BCUT2D eigenvalue weighted by molar-refractivity contribution is -0.137. The molecule has 0 aliphatic carbocycles. The lowest BCUT2D eigenvalue weighted by Gasteiger charge is -2.09.